The first-order valence-electron chi connectivity index (χ1n) is 9.78. The maximum Gasteiger partial charge on any atom is 0.225 e. The van der Waals surface area contributed by atoms with Crippen LogP contribution in [0, 0.1) is 0 Å². The lowest BCUT2D eigenvalue weighted by atomic mass is 9.76. The number of nitrogens with one attached hydrogen (secondary N) is 1. The Bertz CT molecular complexity index is 860. The molecule has 0 saturated carbocycles. The molecule has 2 aliphatic rings. The number of likely N-dealkylation sites (tertiary alicyclic amines) is 1. The maximum atomic E-state index is 12.7. The lowest BCUT2D eigenvalue weighted by Crippen LogP contribution is -2.51. The van der Waals surface area contributed by atoms with E-state index in [0.29, 0.717) is 25.2 Å². The van der Waals surface area contributed by atoms with Gasteiger partial charge >= 0.3 is 0 Å². The number of benzene rings is 1. The van der Waals surface area contributed by atoms with E-state index >= 15 is 0 Å². The number of carbonyl (C=O) groups excluding carboxylic acids is 2. The molecule has 0 aliphatic carbocycles. The van der Waals surface area contributed by atoms with Crippen LogP contribution in [0.15, 0.2) is 48.8 Å². The number of piperidine rings is 1. The number of fused-ring (bicyclic) bond motifs is 1. The highest BCUT2D eigenvalue weighted by molar-refractivity contribution is 5.91. The van der Waals surface area contributed by atoms with Crippen molar-refractivity contribution in [3.8, 4) is 5.75 Å². The first kappa shape index (κ1) is 18.5. The Morgan fingerprint density at radius 1 is 1.21 bits per heavy atom. The predicted molar refractivity (Wildman–Crippen MR) is 106 cm³/mol. The van der Waals surface area contributed by atoms with E-state index in [4.69, 9.17) is 4.74 Å². The Hall–Kier alpha value is -2.89. The molecule has 1 N–H and O–H groups in total. The number of hydrogen-bond donors (Lipinski definition) is 1. The van der Waals surface area contributed by atoms with Crippen LogP contribution in [0.5, 0.6) is 5.75 Å². The minimum absolute atomic E-state index is 0.0222. The highest BCUT2D eigenvalue weighted by atomic mass is 16.5. The normalized spacial score (nSPS) is 20.2. The summed E-state index contributed by atoms with van der Waals surface area (Å²) in [4.78, 5) is 30.3. The molecule has 1 atom stereocenters. The van der Waals surface area contributed by atoms with Crippen LogP contribution in [0.4, 0.5) is 5.69 Å². The molecule has 1 aromatic carbocycles. The van der Waals surface area contributed by atoms with E-state index in [-0.39, 0.29) is 23.3 Å². The fraction of sp³-hybridized carbons (Fsp3) is 0.409. The second kappa shape index (κ2) is 7.62. The Kier molecular flexibility index (Phi) is 5.03. The van der Waals surface area contributed by atoms with Crippen molar-refractivity contribution in [3.05, 3.63) is 54.4 Å². The fourth-order valence-corrected chi connectivity index (χ4v) is 4.33. The Balaban J connectivity index is 1.51. The summed E-state index contributed by atoms with van der Waals surface area (Å²) in [6.45, 7) is 3.01. The van der Waals surface area contributed by atoms with Gasteiger partial charge in [-0.25, -0.2) is 0 Å². The zero-order valence-electron chi connectivity index (χ0n) is 16.1. The van der Waals surface area contributed by atoms with Gasteiger partial charge in [-0.2, -0.15) is 0 Å². The average molecular weight is 379 g/mol. The zero-order chi connectivity index (χ0) is 19.6. The summed E-state index contributed by atoms with van der Waals surface area (Å²) in [7, 11) is 0. The third-order valence-electron chi connectivity index (χ3n) is 5.80. The van der Waals surface area contributed by atoms with Gasteiger partial charge in [0.25, 0.3) is 0 Å². The van der Waals surface area contributed by atoms with Gasteiger partial charge in [0.05, 0.1) is 11.9 Å². The SMILES string of the molecule is CC(=O)N1CCC2(CC1)C[C@@H](CC(=O)Nc1cccnc1)c1ccccc1O2. The number of rotatable bonds is 3. The van der Waals surface area contributed by atoms with Crippen LogP contribution in [0.2, 0.25) is 0 Å². The van der Waals surface area contributed by atoms with Gasteiger partial charge in [0.15, 0.2) is 0 Å². The molecular weight excluding hydrogens is 354 g/mol. The molecule has 1 saturated heterocycles. The quantitative estimate of drug-likeness (QED) is 0.888. The number of para-hydroxylation sites is 1. The molecule has 0 radical (unpaired) electrons. The van der Waals surface area contributed by atoms with E-state index in [0.717, 1.165) is 30.6 Å². The highest BCUT2D eigenvalue weighted by Gasteiger charge is 2.43. The molecular formula is C22H25N3O3. The first-order valence-corrected chi connectivity index (χ1v) is 9.78. The van der Waals surface area contributed by atoms with Crippen molar-refractivity contribution >= 4 is 17.5 Å². The molecule has 2 amide bonds. The molecule has 6 heteroatoms. The van der Waals surface area contributed by atoms with Crippen LogP contribution < -0.4 is 10.1 Å². The molecule has 146 valence electrons. The lowest BCUT2D eigenvalue weighted by molar-refractivity contribution is -0.132. The van der Waals surface area contributed by atoms with E-state index in [2.05, 4.69) is 16.4 Å². The molecule has 1 fully saturated rings. The van der Waals surface area contributed by atoms with Crippen molar-refractivity contribution in [2.24, 2.45) is 0 Å². The molecule has 2 aliphatic heterocycles. The lowest BCUT2D eigenvalue weighted by Gasteiger charge is -2.46. The number of amides is 2. The molecule has 3 heterocycles. The third-order valence-corrected chi connectivity index (χ3v) is 5.80. The van der Waals surface area contributed by atoms with Gasteiger partial charge in [-0.05, 0) is 30.2 Å². The van der Waals surface area contributed by atoms with E-state index in [9.17, 15) is 9.59 Å². The van der Waals surface area contributed by atoms with Crippen LogP contribution in [-0.2, 0) is 9.59 Å². The topological polar surface area (TPSA) is 71.5 Å². The number of ether oxygens (including phenoxy) is 1. The van der Waals surface area contributed by atoms with Gasteiger partial charge in [0, 0.05) is 51.4 Å². The fourth-order valence-electron chi connectivity index (χ4n) is 4.33. The summed E-state index contributed by atoms with van der Waals surface area (Å²) in [5.41, 5.74) is 1.49. The van der Waals surface area contributed by atoms with Gasteiger partial charge in [-0.3, -0.25) is 14.6 Å². The summed E-state index contributed by atoms with van der Waals surface area (Å²) < 4.78 is 6.44. The molecule has 1 spiro atoms. The second-order valence-corrected chi connectivity index (χ2v) is 7.72. The monoisotopic (exact) mass is 379 g/mol. The van der Waals surface area contributed by atoms with E-state index in [1.54, 1.807) is 25.4 Å². The minimum atomic E-state index is -0.306. The van der Waals surface area contributed by atoms with Gasteiger partial charge in [-0.1, -0.05) is 18.2 Å². The molecule has 28 heavy (non-hydrogen) atoms. The summed E-state index contributed by atoms with van der Waals surface area (Å²) in [5.74, 6) is 1.04. The van der Waals surface area contributed by atoms with E-state index in [1.165, 1.54) is 0 Å². The van der Waals surface area contributed by atoms with E-state index in [1.807, 2.05) is 29.2 Å². The van der Waals surface area contributed by atoms with Crippen molar-refractivity contribution in [3.63, 3.8) is 0 Å². The number of carbonyl (C=O) groups is 2. The average Bonchev–Trinajstić information content (AvgIpc) is 2.69. The van der Waals surface area contributed by atoms with Crippen LogP contribution >= 0.6 is 0 Å². The van der Waals surface area contributed by atoms with E-state index < -0.39 is 0 Å². The second-order valence-electron chi connectivity index (χ2n) is 7.72. The predicted octanol–water partition coefficient (Wildman–Crippen LogP) is 3.36. The standard InChI is InChI=1S/C22H25N3O3/c1-16(26)25-11-8-22(9-12-25)14-17(19-6-2-3-7-20(19)28-22)13-21(27)24-18-5-4-10-23-15-18/h2-7,10,15,17H,8-9,11-14H2,1H3,(H,24,27)/t17-/m1/s1. The zero-order valence-corrected chi connectivity index (χ0v) is 16.1. The maximum absolute atomic E-state index is 12.7. The number of anilines is 1. The Morgan fingerprint density at radius 3 is 2.71 bits per heavy atom. The molecule has 1 aromatic heterocycles. The third kappa shape index (κ3) is 3.86. The van der Waals surface area contributed by atoms with Crippen molar-refractivity contribution in [2.75, 3.05) is 18.4 Å². The Morgan fingerprint density at radius 2 is 2.00 bits per heavy atom. The van der Waals surface area contributed by atoms with Crippen LogP contribution in [-0.4, -0.2) is 40.4 Å². The molecule has 2 aromatic rings. The van der Waals surface area contributed by atoms with Crippen LogP contribution in [0.3, 0.4) is 0 Å². The van der Waals surface area contributed by atoms with Crippen molar-refractivity contribution in [2.45, 2.75) is 44.1 Å². The largest absolute Gasteiger partial charge is 0.487 e. The van der Waals surface area contributed by atoms with Gasteiger partial charge in [0.1, 0.15) is 11.4 Å². The summed E-state index contributed by atoms with van der Waals surface area (Å²) >= 11 is 0. The molecule has 0 unspecified atom stereocenters. The number of hydrogen-bond acceptors (Lipinski definition) is 4. The molecule has 0 bridgehead atoms. The highest BCUT2D eigenvalue weighted by Crippen LogP contribution is 2.46. The summed E-state index contributed by atoms with van der Waals surface area (Å²) in [6.07, 6.45) is 6.10. The van der Waals surface area contributed by atoms with Crippen LogP contribution in [0.1, 0.15) is 44.1 Å². The van der Waals surface area contributed by atoms with Crippen molar-refractivity contribution in [1.29, 1.82) is 0 Å². The number of aromatic nitrogens is 1. The van der Waals surface area contributed by atoms with Gasteiger partial charge in [-0.15, -0.1) is 0 Å². The Labute approximate surface area is 164 Å². The smallest absolute Gasteiger partial charge is 0.225 e. The van der Waals surface area contributed by atoms with Gasteiger partial charge < -0.3 is 15.0 Å². The van der Waals surface area contributed by atoms with Crippen LogP contribution in [0.25, 0.3) is 0 Å². The molecule has 6 nitrogen and oxygen atoms in total. The summed E-state index contributed by atoms with van der Waals surface area (Å²) in [5, 5.41) is 2.94. The van der Waals surface area contributed by atoms with Crippen molar-refractivity contribution in [1.82, 2.24) is 9.88 Å². The van der Waals surface area contributed by atoms with Crippen molar-refractivity contribution < 1.29 is 14.3 Å². The van der Waals surface area contributed by atoms with Gasteiger partial charge in [0.2, 0.25) is 11.8 Å². The number of pyridine rings is 1. The summed E-state index contributed by atoms with van der Waals surface area (Å²) in [6, 6.07) is 11.6. The molecule has 4 rings (SSSR count). The number of nitrogens with zero attached hydrogens (tertiary/aromatic N) is 2. The minimum Gasteiger partial charge on any atom is -0.487 e. The first-order chi connectivity index (χ1) is 13.5.